The Morgan fingerprint density at radius 2 is 1.67 bits per heavy atom. The number of quaternary nitrogens is 1. The zero-order chi connectivity index (χ0) is 12.5. The van der Waals surface area contributed by atoms with E-state index in [1.54, 1.807) is 0 Å². The van der Waals surface area contributed by atoms with Crippen molar-refractivity contribution < 1.29 is 10.1 Å². The van der Waals surface area contributed by atoms with Crippen LogP contribution in [-0.2, 0) is 0 Å². The molecule has 1 saturated heterocycles. The summed E-state index contributed by atoms with van der Waals surface area (Å²) in [5, 5.41) is 2.11. The molecule has 0 aromatic heterocycles. The fourth-order valence-electron chi connectivity index (χ4n) is 2.21. The molecule has 18 heavy (non-hydrogen) atoms. The summed E-state index contributed by atoms with van der Waals surface area (Å²) in [4.78, 5) is 12.2. The average molecular weight is 303 g/mol. The van der Waals surface area contributed by atoms with Gasteiger partial charge in [0.05, 0.1) is 0 Å². The van der Waals surface area contributed by atoms with Crippen LogP contribution in [0.4, 0.5) is 0 Å². The van der Waals surface area contributed by atoms with Crippen molar-refractivity contribution in [3.05, 3.63) is 70.2 Å². The number of Topliss-reactive ketones (excluding diaryl/α,β-unsaturated/α-hetero) is 1. The molecule has 2 aromatic carbocycles. The lowest BCUT2D eigenvalue weighted by molar-refractivity contribution is -0.511. The highest BCUT2D eigenvalue weighted by Gasteiger charge is 2.50. The molecule has 3 rings (SSSR count). The monoisotopic (exact) mass is 302 g/mol. The van der Waals surface area contributed by atoms with Crippen LogP contribution in [0.25, 0.3) is 0 Å². The van der Waals surface area contributed by atoms with Crippen molar-refractivity contribution in [1.82, 2.24) is 0 Å². The van der Waals surface area contributed by atoms with E-state index in [1.807, 2.05) is 42.5 Å². The molecule has 2 N–H and O–H groups in total. The first-order valence-electron chi connectivity index (χ1n) is 5.95. The van der Waals surface area contributed by atoms with Crippen molar-refractivity contribution in [3.63, 3.8) is 0 Å². The minimum atomic E-state index is 0.0496. The van der Waals surface area contributed by atoms with Crippen LogP contribution in [0.5, 0.6) is 0 Å². The summed E-state index contributed by atoms with van der Waals surface area (Å²) in [6.07, 6.45) is 0. The number of hydrogen-bond acceptors (Lipinski definition) is 1. The van der Waals surface area contributed by atoms with Gasteiger partial charge in [-0.25, -0.2) is 0 Å². The van der Waals surface area contributed by atoms with Crippen molar-refractivity contribution in [3.8, 4) is 0 Å². The summed E-state index contributed by atoms with van der Waals surface area (Å²) in [6.45, 7) is 0. The Balaban J connectivity index is 1.75. The first kappa shape index (κ1) is 11.6. The molecule has 2 aromatic rings. The molecular formula is C15H13BrNO+. The second kappa shape index (κ2) is 4.67. The largest absolute Gasteiger partial charge is 0.320 e. The number of nitrogens with two attached hydrogens (primary N) is 1. The normalized spacial score (nSPS) is 21.6. The van der Waals surface area contributed by atoms with E-state index in [4.69, 9.17) is 0 Å². The summed E-state index contributed by atoms with van der Waals surface area (Å²) >= 11 is 3.42. The molecule has 0 spiro atoms. The third-order valence-electron chi connectivity index (χ3n) is 3.28. The Bertz CT molecular complexity index is 565. The highest BCUT2D eigenvalue weighted by atomic mass is 79.9. The Morgan fingerprint density at radius 3 is 2.33 bits per heavy atom. The number of carbonyl (C=O) groups is 1. The van der Waals surface area contributed by atoms with Crippen molar-refractivity contribution >= 4 is 21.7 Å². The van der Waals surface area contributed by atoms with Gasteiger partial charge in [0.25, 0.3) is 0 Å². The third kappa shape index (κ3) is 2.24. The maximum absolute atomic E-state index is 12.2. The van der Waals surface area contributed by atoms with E-state index in [2.05, 4.69) is 33.4 Å². The SMILES string of the molecule is O=C(c1ccccc1)[C@H]1[NH2+][C@H]1c1ccc(Br)cc1. The molecule has 0 unspecified atom stereocenters. The second-order valence-corrected chi connectivity index (χ2v) is 5.44. The van der Waals surface area contributed by atoms with E-state index in [0.29, 0.717) is 0 Å². The average Bonchev–Trinajstić information content (AvgIpc) is 3.20. The fourth-order valence-corrected chi connectivity index (χ4v) is 2.47. The van der Waals surface area contributed by atoms with Crippen molar-refractivity contribution in [1.29, 1.82) is 0 Å². The standard InChI is InChI=1S/C15H12BrNO/c16-12-8-6-10(7-9-12)13-14(17-13)15(18)11-4-2-1-3-5-11/h1-9,13-14,17H/p+1/t13-,14-/m0/s1. The number of benzene rings is 2. The molecule has 2 atom stereocenters. The quantitative estimate of drug-likeness (QED) is 0.685. The predicted molar refractivity (Wildman–Crippen MR) is 73.4 cm³/mol. The molecule has 0 amide bonds. The van der Waals surface area contributed by atoms with Gasteiger partial charge in [0, 0.05) is 15.6 Å². The van der Waals surface area contributed by atoms with Gasteiger partial charge in [-0.05, 0) is 12.1 Å². The van der Waals surface area contributed by atoms with Crippen LogP contribution in [0.1, 0.15) is 22.0 Å². The smallest absolute Gasteiger partial charge is 0.226 e. The minimum absolute atomic E-state index is 0.0496. The maximum Gasteiger partial charge on any atom is 0.226 e. The van der Waals surface area contributed by atoms with Crippen molar-refractivity contribution in [2.45, 2.75) is 12.1 Å². The number of halogens is 1. The molecular weight excluding hydrogens is 290 g/mol. The van der Waals surface area contributed by atoms with Crippen LogP contribution in [-0.4, -0.2) is 11.8 Å². The van der Waals surface area contributed by atoms with E-state index < -0.39 is 0 Å². The maximum atomic E-state index is 12.2. The van der Waals surface area contributed by atoms with Crippen molar-refractivity contribution in [2.24, 2.45) is 0 Å². The number of carbonyl (C=O) groups excluding carboxylic acids is 1. The van der Waals surface area contributed by atoms with Gasteiger partial charge in [-0.1, -0.05) is 58.4 Å². The summed E-state index contributed by atoms with van der Waals surface area (Å²) in [7, 11) is 0. The Kier molecular flexibility index (Phi) is 3.02. The number of rotatable bonds is 3. The van der Waals surface area contributed by atoms with Crippen LogP contribution < -0.4 is 5.32 Å². The summed E-state index contributed by atoms with van der Waals surface area (Å²) in [5.41, 5.74) is 2.02. The first-order chi connectivity index (χ1) is 8.75. The number of ketones is 1. The molecule has 1 heterocycles. The molecule has 1 aliphatic heterocycles. The van der Waals surface area contributed by atoms with Gasteiger partial charge >= 0.3 is 0 Å². The molecule has 0 saturated carbocycles. The van der Waals surface area contributed by atoms with E-state index in [9.17, 15) is 4.79 Å². The van der Waals surface area contributed by atoms with Crippen LogP contribution in [0.15, 0.2) is 59.1 Å². The fraction of sp³-hybridized carbons (Fsp3) is 0.133. The molecule has 0 bridgehead atoms. The van der Waals surface area contributed by atoms with Gasteiger partial charge < -0.3 is 5.32 Å². The van der Waals surface area contributed by atoms with E-state index in [0.717, 1.165) is 10.0 Å². The van der Waals surface area contributed by atoms with E-state index >= 15 is 0 Å². The summed E-state index contributed by atoms with van der Waals surface area (Å²) in [5.74, 6) is 0.225. The number of hydrogen-bond donors (Lipinski definition) is 1. The Morgan fingerprint density at radius 1 is 1.00 bits per heavy atom. The third-order valence-corrected chi connectivity index (χ3v) is 3.81. The van der Waals surface area contributed by atoms with Gasteiger partial charge in [-0.2, -0.15) is 0 Å². The van der Waals surface area contributed by atoms with Crippen LogP contribution in [0.2, 0.25) is 0 Å². The zero-order valence-corrected chi connectivity index (χ0v) is 11.3. The lowest BCUT2D eigenvalue weighted by atomic mass is 10.0. The van der Waals surface area contributed by atoms with Crippen LogP contribution in [0, 0.1) is 0 Å². The predicted octanol–water partition coefficient (Wildman–Crippen LogP) is 2.32. The minimum Gasteiger partial charge on any atom is -0.320 e. The topological polar surface area (TPSA) is 33.7 Å². The van der Waals surface area contributed by atoms with E-state index in [1.165, 1.54) is 5.56 Å². The summed E-state index contributed by atoms with van der Waals surface area (Å²) < 4.78 is 1.07. The van der Waals surface area contributed by atoms with Gasteiger partial charge in [-0.15, -0.1) is 0 Å². The van der Waals surface area contributed by atoms with Gasteiger partial charge in [0.15, 0.2) is 6.04 Å². The molecule has 2 nitrogen and oxygen atoms in total. The van der Waals surface area contributed by atoms with Crippen molar-refractivity contribution in [2.75, 3.05) is 0 Å². The first-order valence-corrected chi connectivity index (χ1v) is 6.75. The molecule has 1 aliphatic rings. The molecule has 0 aliphatic carbocycles. The molecule has 3 heteroatoms. The zero-order valence-electron chi connectivity index (χ0n) is 9.71. The molecule has 1 fully saturated rings. The molecule has 90 valence electrons. The summed E-state index contributed by atoms with van der Waals surface area (Å²) in [6, 6.07) is 18.0. The molecule has 0 radical (unpaired) electrons. The van der Waals surface area contributed by atoms with Crippen LogP contribution >= 0.6 is 15.9 Å². The van der Waals surface area contributed by atoms with Gasteiger partial charge in [0.1, 0.15) is 0 Å². The van der Waals surface area contributed by atoms with Gasteiger partial charge in [0.2, 0.25) is 11.8 Å². The lowest BCUT2D eigenvalue weighted by Gasteiger charge is -1.95. The van der Waals surface area contributed by atoms with E-state index in [-0.39, 0.29) is 17.9 Å². The van der Waals surface area contributed by atoms with Gasteiger partial charge in [-0.3, -0.25) is 4.79 Å². The lowest BCUT2D eigenvalue weighted by Crippen LogP contribution is -2.62. The second-order valence-electron chi connectivity index (χ2n) is 4.53. The Hall–Kier alpha value is -1.45. The highest BCUT2D eigenvalue weighted by Crippen LogP contribution is 2.24. The Labute approximate surface area is 114 Å². The highest BCUT2D eigenvalue weighted by molar-refractivity contribution is 9.10. The van der Waals surface area contributed by atoms with Crippen LogP contribution in [0.3, 0.4) is 0 Å².